The SMILES string of the molecule is NS(=O)(=O)NC[C@@H]1NCC[C@@H]1c1ccc(Cl)c(Cl)c1. The van der Waals surface area contributed by atoms with E-state index in [4.69, 9.17) is 28.3 Å². The number of nitrogens with one attached hydrogen (secondary N) is 2. The van der Waals surface area contributed by atoms with Crippen LogP contribution in [0.5, 0.6) is 0 Å². The van der Waals surface area contributed by atoms with Gasteiger partial charge in [-0.25, -0.2) is 9.86 Å². The summed E-state index contributed by atoms with van der Waals surface area (Å²) in [6.45, 7) is 1.08. The summed E-state index contributed by atoms with van der Waals surface area (Å²) in [4.78, 5) is 0. The van der Waals surface area contributed by atoms with Gasteiger partial charge in [-0.3, -0.25) is 0 Å². The first-order valence-electron chi connectivity index (χ1n) is 5.82. The summed E-state index contributed by atoms with van der Waals surface area (Å²) in [5.74, 6) is 0.184. The van der Waals surface area contributed by atoms with Gasteiger partial charge in [-0.15, -0.1) is 0 Å². The van der Waals surface area contributed by atoms with Gasteiger partial charge in [0, 0.05) is 18.5 Å². The fourth-order valence-electron chi connectivity index (χ4n) is 2.33. The van der Waals surface area contributed by atoms with Gasteiger partial charge >= 0.3 is 0 Å². The maximum absolute atomic E-state index is 10.9. The average molecular weight is 324 g/mol. The molecule has 0 amide bonds. The predicted octanol–water partition coefficient (Wildman–Crippen LogP) is 1.23. The molecule has 1 aliphatic rings. The van der Waals surface area contributed by atoms with Crippen LogP contribution in [0, 0.1) is 0 Å². The van der Waals surface area contributed by atoms with Gasteiger partial charge in [0.1, 0.15) is 0 Å². The van der Waals surface area contributed by atoms with Crippen molar-refractivity contribution in [3.63, 3.8) is 0 Å². The Balaban J connectivity index is 2.11. The molecule has 1 saturated heterocycles. The summed E-state index contributed by atoms with van der Waals surface area (Å²) in [7, 11) is -3.67. The smallest absolute Gasteiger partial charge is 0.274 e. The number of benzene rings is 1. The molecule has 5 nitrogen and oxygen atoms in total. The molecule has 2 rings (SSSR count). The zero-order valence-electron chi connectivity index (χ0n) is 10.1. The van der Waals surface area contributed by atoms with E-state index in [9.17, 15) is 8.42 Å². The Bertz CT molecular complexity index is 565. The topological polar surface area (TPSA) is 84.2 Å². The highest BCUT2D eigenvalue weighted by Gasteiger charge is 2.29. The highest BCUT2D eigenvalue weighted by molar-refractivity contribution is 7.87. The van der Waals surface area contributed by atoms with Gasteiger partial charge in [0.05, 0.1) is 10.0 Å². The lowest BCUT2D eigenvalue weighted by atomic mass is 9.92. The second-order valence-electron chi connectivity index (χ2n) is 4.52. The molecule has 4 N–H and O–H groups in total. The predicted molar refractivity (Wildman–Crippen MR) is 76.7 cm³/mol. The molecular weight excluding hydrogens is 309 g/mol. The van der Waals surface area contributed by atoms with E-state index in [1.807, 2.05) is 12.1 Å². The van der Waals surface area contributed by atoms with E-state index in [1.54, 1.807) is 6.07 Å². The number of rotatable bonds is 4. The van der Waals surface area contributed by atoms with Crippen LogP contribution in [-0.2, 0) is 10.2 Å². The van der Waals surface area contributed by atoms with Crippen LogP contribution in [0.4, 0.5) is 0 Å². The first-order chi connectivity index (χ1) is 8.87. The first kappa shape index (κ1) is 15.0. The molecule has 0 aromatic heterocycles. The third-order valence-electron chi connectivity index (χ3n) is 3.22. The minimum atomic E-state index is -3.67. The van der Waals surface area contributed by atoms with E-state index in [-0.39, 0.29) is 18.5 Å². The zero-order chi connectivity index (χ0) is 14.0. The van der Waals surface area contributed by atoms with Crippen molar-refractivity contribution in [2.24, 2.45) is 5.14 Å². The Hall–Kier alpha value is -0.370. The summed E-state index contributed by atoms with van der Waals surface area (Å²) in [6, 6.07) is 5.49. The molecule has 0 unspecified atom stereocenters. The van der Waals surface area contributed by atoms with Crippen LogP contribution < -0.4 is 15.2 Å². The molecule has 1 aromatic rings. The van der Waals surface area contributed by atoms with Gasteiger partial charge in [0.15, 0.2) is 0 Å². The maximum atomic E-state index is 10.9. The fourth-order valence-corrected chi connectivity index (χ4v) is 3.05. The van der Waals surface area contributed by atoms with Crippen LogP contribution >= 0.6 is 23.2 Å². The Kier molecular flexibility index (Phi) is 4.70. The normalized spacial score (nSPS) is 23.7. The molecule has 1 fully saturated rings. The van der Waals surface area contributed by atoms with Gasteiger partial charge < -0.3 is 5.32 Å². The summed E-state index contributed by atoms with van der Waals surface area (Å²) in [5, 5.41) is 9.20. The molecular formula is C11H15Cl2N3O2S. The van der Waals surface area contributed by atoms with Crippen LogP contribution in [0.15, 0.2) is 18.2 Å². The van der Waals surface area contributed by atoms with Crippen LogP contribution in [0.25, 0.3) is 0 Å². The zero-order valence-corrected chi connectivity index (χ0v) is 12.4. The van der Waals surface area contributed by atoms with Crippen LogP contribution in [0.1, 0.15) is 17.9 Å². The van der Waals surface area contributed by atoms with Crippen molar-refractivity contribution in [3.05, 3.63) is 33.8 Å². The van der Waals surface area contributed by atoms with E-state index in [0.717, 1.165) is 18.5 Å². The van der Waals surface area contributed by atoms with Gasteiger partial charge in [-0.2, -0.15) is 8.42 Å². The number of hydrogen-bond acceptors (Lipinski definition) is 3. The molecule has 19 heavy (non-hydrogen) atoms. The Labute approximate surface area is 122 Å². The Morgan fingerprint density at radius 3 is 2.74 bits per heavy atom. The first-order valence-corrected chi connectivity index (χ1v) is 8.13. The second-order valence-corrected chi connectivity index (χ2v) is 6.72. The lowest BCUT2D eigenvalue weighted by Gasteiger charge is -2.20. The molecule has 0 saturated carbocycles. The maximum Gasteiger partial charge on any atom is 0.274 e. The van der Waals surface area contributed by atoms with Gasteiger partial charge in [0.2, 0.25) is 0 Å². The van der Waals surface area contributed by atoms with Crippen molar-refractivity contribution in [1.82, 2.24) is 10.0 Å². The molecule has 8 heteroatoms. The number of halogens is 2. The molecule has 106 valence electrons. The minimum absolute atomic E-state index is 0.00410. The van der Waals surface area contributed by atoms with Crippen LogP contribution in [0.2, 0.25) is 10.0 Å². The van der Waals surface area contributed by atoms with E-state index in [0.29, 0.717) is 10.0 Å². The van der Waals surface area contributed by atoms with E-state index in [2.05, 4.69) is 10.0 Å². The molecule has 0 spiro atoms. The van der Waals surface area contributed by atoms with E-state index < -0.39 is 10.2 Å². The van der Waals surface area contributed by atoms with Crippen molar-refractivity contribution >= 4 is 33.4 Å². The van der Waals surface area contributed by atoms with Crippen LogP contribution in [-0.4, -0.2) is 27.5 Å². The van der Waals surface area contributed by atoms with Crippen molar-refractivity contribution < 1.29 is 8.42 Å². The number of nitrogens with two attached hydrogens (primary N) is 1. The summed E-state index contributed by atoms with van der Waals surface area (Å²) < 4.78 is 24.2. The molecule has 2 atom stereocenters. The number of hydrogen-bond donors (Lipinski definition) is 3. The third-order valence-corrected chi connectivity index (χ3v) is 4.53. The van der Waals surface area contributed by atoms with E-state index >= 15 is 0 Å². The van der Waals surface area contributed by atoms with Crippen molar-refractivity contribution in [2.45, 2.75) is 18.4 Å². The largest absolute Gasteiger partial charge is 0.312 e. The molecule has 0 bridgehead atoms. The lowest BCUT2D eigenvalue weighted by Crippen LogP contribution is -2.42. The average Bonchev–Trinajstić information content (AvgIpc) is 2.77. The summed E-state index contributed by atoms with van der Waals surface area (Å²) >= 11 is 11.9. The van der Waals surface area contributed by atoms with Gasteiger partial charge in [-0.1, -0.05) is 29.3 Å². The van der Waals surface area contributed by atoms with Crippen molar-refractivity contribution in [3.8, 4) is 0 Å². The Morgan fingerprint density at radius 2 is 2.11 bits per heavy atom. The summed E-state index contributed by atoms with van der Waals surface area (Å²) in [5.41, 5.74) is 1.04. The molecule has 1 aliphatic heterocycles. The van der Waals surface area contributed by atoms with Crippen molar-refractivity contribution in [1.29, 1.82) is 0 Å². The molecule has 0 aliphatic carbocycles. The quantitative estimate of drug-likeness (QED) is 0.779. The van der Waals surface area contributed by atoms with Crippen molar-refractivity contribution in [2.75, 3.05) is 13.1 Å². The highest BCUT2D eigenvalue weighted by atomic mass is 35.5. The third kappa shape index (κ3) is 4.05. The van der Waals surface area contributed by atoms with E-state index in [1.165, 1.54) is 0 Å². The highest BCUT2D eigenvalue weighted by Crippen LogP contribution is 2.32. The minimum Gasteiger partial charge on any atom is -0.312 e. The monoisotopic (exact) mass is 323 g/mol. The van der Waals surface area contributed by atoms with Crippen LogP contribution in [0.3, 0.4) is 0 Å². The fraction of sp³-hybridized carbons (Fsp3) is 0.455. The van der Waals surface area contributed by atoms with Gasteiger partial charge in [0.25, 0.3) is 10.2 Å². The van der Waals surface area contributed by atoms with Gasteiger partial charge in [-0.05, 0) is 30.7 Å². The molecule has 0 radical (unpaired) electrons. The lowest BCUT2D eigenvalue weighted by molar-refractivity contribution is 0.522. The molecule has 1 heterocycles. The Morgan fingerprint density at radius 1 is 1.37 bits per heavy atom. The second kappa shape index (κ2) is 5.95. The molecule has 1 aromatic carbocycles. The summed E-state index contributed by atoms with van der Waals surface area (Å²) in [6.07, 6.45) is 0.912. The standard InChI is InChI=1S/C11H15Cl2N3O2S/c12-9-2-1-7(5-10(9)13)8-3-4-15-11(8)6-16-19(14,17)18/h1-2,5,8,11,15-16H,3-4,6H2,(H2,14,17,18)/t8-,11+/m1/s1.